The van der Waals surface area contributed by atoms with Gasteiger partial charge in [0, 0.05) is 38.4 Å². The second-order valence-electron chi connectivity index (χ2n) is 13.1. The van der Waals surface area contributed by atoms with E-state index in [9.17, 15) is 9.59 Å². The van der Waals surface area contributed by atoms with E-state index in [4.69, 9.17) is 28.4 Å². The molecule has 286 valence electrons. The third-order valence-electron chi connectivity index (χ3n) is 9.38. The summed E-state index contributed by atoms with van der Waals surface area (Å²) in [6.07, 6.45) is 1.01. The van der Waals surface area contributed by atoms with Gasteiger partial charge in [-0.05, 0) is 47.2 Å². The van der Waals surface area contributed by atoms with Gasteiger partial charge in [0.1, 0.15) is 38.4 Å². The molecule has 11 nitrogen and oxygen atoms in total. The number of amides is 2. The van der Waals surface area contributed by atoms with Crippen LogP contribution in [-0.2, 0) is 54.4 Å². The van der Waals surface area contributed by atoms with E-state index in [1.807, 2.05) is 94.7 Å². The molecule has 0 aliphatic carbocycles. The zero-order valence-electron chi connectivity index (χ0n) is 31.0. The van der Waals surface area contributed by atoms with Crippen LogP contribution in [0.15, 0.2) is 109 Å². The molecule has 1 fully saturated rings. The number of hydrogen-bond donors (Lipinski definition) is 0. The standard InChI is InChI=1S/C43H50N2O9/c1-49-19-21-51-31-53-41-39(25-33-11-5-3-6-12-33)44(27-35-15-9-17-37(23-35)29-46)43(48)45(28-36-16-10-18-38(24-36)30-47)40(26-34-13-7-4-8-14-34)42(41)54-32-52-22-20-50-2/h3-18,23-24,29-30,39-42H,19-22,25-28,31-32H2,1-2H3/t39-,40-,41+,42+/m1/s1. The molecule has 54 heavy (non-hydrogen) atoms. The van der Waals surface area contributed by atoms with Gasteiger partial charge in [-0.1, -0.05) is 97.1 Å². The summed E-state index contributed by atoms with van der Waals surface area (Å²) in [4.78, 5) is 42.9. The highest BCUT2D eigenvalue weighted by Crippen LogP contribution is 2.33. The lowest BCUT2D eigenvalue weighted by Gasteiger charge is -2.38. The molecule has 11 heteroatoms. The van der Waals surface area contributed by atoms with Crippen molar-refractivity contribution in [2.24, 2.45) is 0 Å². The first-order valence-corrected chi connectivity index (χ1v) is 18.1. The molecule has 0 N–H and O–H groups in total. The van der Waals surface area contributed by atoms with E-state index in [1.165, 1.54) is 0 Å². The number of urea groups is 1. The summed E-state index contributed by atoms with van der Waals surface area (Å²) in [6, 6.07) is 33.0. The molecule has 5 rings (SSSR count). The normalized spacial score (nSPS) is 18.7. The van der Waals surface area contributed by atoms with Gasteiger partial charge in [0.2, 0.25) is 0 Å². The van der Waals surface area contributed by atoms with Crippen LogP contribution in [0.3, 0.4) is 0 Å². The summed E-state index contributed by atoms with van der Waals surface area (Å²) in [5, 5.41) is 0. The Morgan fingerprint density at radius 1 is 0.537 bits per heavy atom. The molecule has 4 aromatic rings. The van der Waals surface area contributed by atoms with Crippen LogP contribution in [0.4, 0.5) is 4.79 Å². The van der Waals surface area contributed by atoms with E-state index in [1.54, 1.807) is 38.5 Å². The summed E-state index contributed by atoms with van der Waals surface area (Å²) >= 11 is 0. The van der Waals surface area contributed by atoms with Crippen molar-refractivity contribution in [1.82, 2.24) is 9.80 Å². The molecule has 1 saturated heterocycles. The number of carbonyl (C=O) groups excluding carboxylic acids is 3. The Morgan fingerprint density at radius 3 is 1.33 bits per heavy atom. The highest BCUT2D eigenvalue weighted by atomic mass is 16.7. The molecule has 4 atom stereocenters. The average molecular weight is 739 g/mol. The van der Waals surface area contributed by atoms with Crippen molar-refractivity contribution in [2.75, 3.05) is 54.2 Å². The summed E-state index contributed by atoms with van der Waals surface area (Å²) in [5.74, 6) is 0. The minimum Gasteiger partial charge on any atom is -0.382 e. The van der Waals surface area contributed by atoms with Crippen molar-refractivity contribution in [3.63, 3.8) is 0 Å². The van der Waals surface area contributed by atoms with E-state index in [-0.39, 0.29) is 32.7 Å². The molecule has 0 aromatic heterocycles. The molecule has 0 bridgehead atoms. The van der Waals surface area contributed by atoms with E-state index in [0.717, 1.165) is 34.8 Å². The molecule has 1 aliphatic heterocycles. The lowest BCUT2D eigenvalue weighted by atomic mass is 9.90. The Kier molecular flexibility index (Phi) is 16.3. The van der Waals surface area contributed by atoms with Gasteiger partial charge in [0.25, 0.3) is 0 Å². The Bertz CT molecular complexity index is 1600. The molecule has 4 aromatic carbocycles. The van der Waals surface area contributed by atoms with Gasteiger partial charge in [0.15, 0.2) is 0 Å². The number of benzene rings is 4. The van der Waals surface area contributed by atoms with Crippen molar-refractivity contribution in [1.29, 1.82) is 0 Å². The van der Waals surface area contributed by atoms with Crippen molar-refractivity contribution < 1.29 is 42.8 Å². The highest BCUT2D eigenvalue weighted by molar-refractivity contribution is 5.78. The Balaban J connectivity index is 1.68. The minimum atomic E-state index is -0.725. The molecular formula is C43H50N2O9. The number of carbonyl (C=O) groups is 3. The van der Waals surface area contributed by atoms with Crippen LogP contribution in [-0.4, -0.2) is 107 Å². The summed E-state index contributed by atoms with van der Waals surface area (Å²) < 4.78 is 35.7. The second kappa shape index (κ2) is 21.8. The Labute approximate surface area is 317 Å². The van der Waals surface area contributed by atoms with E-state index >= 15 is 4.79 Å². The van der Waals surface area contributed by atoms with Crippen LogP contribution in [0.1, 0.15) is 43.0 Å². The molecule has 2 amide bonds. The first-order valence-electron chi connectivity index (χ1n) is 18.1. The van der Waals surface area contributed by atoms with Crippen LogP contribution in [0.5, 0.6) is 0 Å². The van der Waals surface area contributed by atoms with Gasteiger partial charge >= 0.3 is 6.03 Å². The largest absolute Gasteiger partial charge is 0.382 e. The monoisotopic (exact) mass is 738 g/mol. The van der Waals surface area contributed by atoms with Gasteiger partial charge in [-0.25, -0.2) is 4.79 Å². The third-order valence-corrected chi connectivity index (χ3v) is 9.38. The van der Waals surface area contributed by atoms with E-state index in [2.05, 4.69) is 0 Å². The fourth-order valence-electron chi connectivity index (χ4n) is 6.77. The Hall–Kier alpha value is -4.75. The smallest absolute Gasteiger partial charge is 0.321 e. The van der Waals surface area contributed by atoms with Crippen molar-refractivity contribution >= 4 is 18.6 Å². The van der Waals surface area contributed by atoms with Crippen molar-refractivity contribution in [3.05, 3.63) is 143 Å². The van der Waals surface area contributed by atoms with Crippen molar-refractivity contribution in [2.45, 2.75) is 50.2 Å². The van der Waals surface area contributed by atoms with Crippen molar-refractivity contribution in [3.8, 4) is 0 Å². The first-order chi connectivity index (χ1) is 26.5. The fraction of sp³-hybridized carbons (Fsp3) is 0.372. The molecule has 1 heterocycles. The maximum absolute atomic E-state index is 15.5. The number of aldehydes is 2. The summed E-state index contributed by atoms with van der Waals surface area (Å²) in [7, 11) is 3.21. The number of hydrogen-bond acceptors (Lipinski definition) is 9. The number of ether oxygens (including phenoxy) is 6. The Morgan fingerprint density at radius 2 is 0.944 bits per heavy atom. The zero-order valence-corrected chi connectivity index (χ0v) is 31.0. The van der Waals surface area contributed by atoms with Gasteiger partial charge in [0.05, 0.1) is 38.5 Å². The van der Waals surface area contributed by atoms with Gasteiger partial charge in [-0.15, -0.1) is 0 Å². The lowest BCUT2D eigenvalue weighted by molar-refractivity contribution is -0.192. The maximum atomic E-state index is 15.5. The van der Waals surface area contributed by atoms with Crippen LogP contribution in [0.2, 0.25) is 0 Å². The quantitative estimate of drug-likeness (QED) is 0.0546. The molecule has 0 saturated carbocycles. The number of nitrogens with zero attached hydrogens (tertiary/aromatic N) is 2. The maximum Gasteiger partial charge on any atom is 0.321 e. The van der Waals surface area contributed by atoms with Crippen LogP contribution in [0.25, 0.3) is 0 Å². The summed E-state index contributed by atoms with van der Waals surface area (Å²) in [5.41, 5.74) is 4.58. The lowest BCUT2D eigenvalue weighted by Crippen LogP contribution is -2.53. The van der Waals surface area contributed by atoms with Crippen LogP contribution >= 0.6 is 0 Å². The first kappa shape index (κ1) is 40.4. The average Bonchev–Trinajstić information content (AvgIpc) is 3.28. The predicted molar refractivity (Wildman–Crippen MR) is 203 cm³/mol. The second-order valence-corrected chi connectivity index (χ2v) is 13.1. The number of rotatable bonds is 22. The summed E-state index contributed by atoms with van der Waals surface area (Å²) in [6.45, 7) is 1.60. The zero-order chi connectivity index (χ0) is 38.0. The van der Waals surface area contributed by atoms with Crippen LogP contribution < -0.4 is 0 Å². The molecular weight excluding hydrogens is 688 g/mol. The predicted octanol–water partition coefficient (Wildman–Crippen LogP) is 5.98. The molecule has 0 unspecified atom stereocenters. The number of methoxy groups -OCH3 is 2. The van der Waals surface area contributed by atoms with E-state index < -0.39 is 24.3 Å². The third kappa shape index (κ3) is 11.6. The van der Waals surface area contributed by atoms with Gasteiger partial charge in [-0.3, -0.25) is 9.59 Å². The van der Waals surface area contributed by atoms with Gasteiger partial charge in [-0.2, -0.15) is 0 Å². The SMILES string of the molecule is COCCOCO[C@@H]1[C@@H](OCOCCOC)[C@@H](Cc2ccccc2)N(Cc2cccc(C=O)c2)C(=O)N(Cc2cccc(C=O)c2)[C@@H]1Cc1ccccc1. The minimum absolute atomic E-state index is 0.0776. The van der Waals surface area contributed by atoms with Crippen LogP contribution in [0, 0.1) is 0 Å². The molecule has 0 spiro atoms. The fourth-order valence-corrected chi connectivity index (χ4v) is 6.77. The highest BCUT2D eigenvalue weighted by Gasteiger charge is 2.49. The van der Waals surface area contributed by atoms with E-state index in [0.29, 0.717) is 50.4 Å². The molecule has 0 radical (unpaired) electrons. The topological polar surface area (TPSA) is 113 Å². The molecule has 1 aliphatic rings. The van der Waals surface area contributed by atoms with Gasteiger partial charge < -0.3 is 38.2 Å².